The number of carboxylic acids is 1. The van der Waals surface area contributed by atoms with Gasteiger partial charge in [0.25, 0.3) is 0 Å². The molecule has 0 radical (unpaired) electrons. The molecule has 0 aromatic heterocycles. The molecule has 9 atom stereocenters. The van der Waals surface area contributed by atoms with Crippen LogP contribution >= 0.6 is 0 Å². The van der Waals surface area contributed by atoms with Crippen molar-refractivity contribution >= 4 is 11.8 Å². The number of aliphatic carboxylic acids is 1. The molecule has 0 aromatic rings. The third-order valence-corrected chi connectivity index (χ3v) is 12.3. The zero-order chi connectivity index (χ0) is 25.3. The van der Waals surface area contributed by atoms with Crippen LogP contribution in [0.4, 0.5) is 0 Å². The Morgan fingerprint density at radius 1 is 1.00 bits per heavy atom. The second-order valence-corrected chi connectivity index (χ2v) is 13.9. The number of carboxylic acid groups (broad SMARTS) is 1. The van der Waals surface area contributed by atoms with E-state index in [1.807, 2.05) is 0 Å². The summed E-state index contributed by atoms with van der Waals surface area (Å²) in [6.07, 6.45) is 10.6. The van der Waals surface area contributed by atoms with Crippen LogP contribution in [0.5, 0.6) is 0 Å². The van der Waals surface area contributed by atoms with E-state index in [1.165, 1.54) is 44.6 Å². The van der Waals surface area contributed by atoms with E-state index in [-0.39, 0.29) is 21.8 Å². The fourth-order valence-corrected chi connectivity index (χ4v) is 10.2. The van der Waals surface area contributed by atoms with Crippen LogP contribution in [-0.2, 0) is 9.59 Å². The van der Waals surface area contributed by atoms with Crippen LogP contribution in [0, 0.1) is 51.2 Å². The zero-order valence-electron chi connectivity index (χ0n) is 22.6. The minimum absolute atomic E-state index is 0.190. The number of carbonyl (C=O) groups excluding carboxylic acids is 1. The molecule has 4 aliphatic carbocycles. The van der Waals surface area contributed by atoms with Gasteiger partial charge in [-0.2, -0.15) is 0 Å². The van der Waals surface area contributed by atoms with E-state index in [0.717, 1.165) is 12.8 Å². The lowest BCUT2D eigenvalue weighted by Crippen LogP contribution is -2.61. The summed E-state index contributed by atoms with van der Waals surface area (Å²) in [6.45, 7) is 15.9. The molecule has 2 N–H and O–H groups in total. The van der Waals surface area contributed by atoms with E-state index in [0.29, 0.717) is 47.2 Å². The molecular formula is C30H48O4. The van der Waals surface area contributed by atoms with E-state index in [9.17, 15) is 14.7 Å². The summed E-state index contributed by atoms with van der Waals surface area (Å²) in [5.74, 6) is 2.36. The summed E-state index contributed by atoms with van der Waals surface area (Å²) in [5, 5.41) is 19.8. The summed E-state index contributed by atoms with van der Waals surface area (Å²) in [5.41, 5.74) is 0.851. The molecule has 0 aromatic carbocycles. The van der Waals surface area contributed by atoms with Crippen LogP contribution < -0.4 is 0 Å². The predicted molar refractivity (Wildman–Crippen MR) is 135 cm³/mol. The first-order chi connectivity index (χ1) is 15.7. The molecule has 4 aliphatic rings. The molecule has 34 heavy (non-hydrogen) atoms. The SMILES string of the molecule is C/C(=C\[C@@H](O)C[C@H](C)[C@@H]1CC[C@]2(C)[C@H]3CC[C@H]4C(C)(C)C(=O)CC[C@]4(C)[C@@H]3CC[C@]12C)C(=O)O. The fourth-order valence-electron chi connectivity index (χ4n) is 10.2. The monoisotopic (exact) mass is 472 g/mol. The number of carbonyl (C=O) groups is 2. The van der Waals surface area contributed by atoms with Crippen molar-refractivity contribution in [1.82, 2.24) is 0 Å². The maximum Gasteiger partial charge on any atom is 0.331 e. The number of hydrogen-bond donors (Lipinski definition) is 2. The van der Waals surface area contributed by atoms with Gasteiger partial charge in [0, 0.05) is 17.4 Å². The van der Waals surface area contributed by atoms with Gasteiger partial charge in [0.15, 0.2) is 0 Å². The minimum atomic E-state index is -0.956. The quantitative estimate of drug-likeness (QED) is 0.439. The molecule has 4 heteroatoms. The highest BCUT2D eigenvalue weighted by molar-refractivity contribution is 5.86. The van der Waals surface area contributed by atoms with Crippen molar-refractivity contribution < 1.29 is 19.8 Å². The number of aliphatic hydroxyl groups excluding tert-OH is 1. The molecule has 0 saturated heterocycles. The number of rotatable bonds is 5. The Morgan fingerprint density at radius 2 is 1.65 bits per heavy atom. The Hall–Kier alpha value is -1.16. The van der Waals surface area contributed by atoms with Gasteiger partial charge in [-0.3, -0.25) is 4.79 Å². The number of hydrogen-bond acceptors (Lipinski definition) is 3. The number of fused-ring (bicyclic) bond motifs is 5. The third kappa shape index (κ3) is 3.64. The van der Waals surface area contributed by atoms with Crippen molar-refractivity contribution in [2.75, 3.05) is 0 Å². The standard InChI is InChI=1S/C30H48O4/c1-18(16-20(31)17-19(2)26(33)34)21-10-14-30(7)23-8-9-24-27(3,4)25(32)12-13-28(24,5)22(23)11-15-29(21,30)6/h17-18,20-24,31H,8-16H2,1-7H3,(H,33,34)/b19-17+/t18-,20-,21-,22+,23-,24-,28+,29+,30+/m0/s1. The van der Waals surface area contributed by atoms with Crippen molar-refractivity contribution in [3.05, 3.63) is 11.6 Å². The lowest BCUT2D eigenvalue weighted by atomic mass is 9.38. The van der Waals surface area contributed by atoms with Gasteiger partial charge in [-0.25, -0.2) is 4.79 Å². The molecule has 0 bridgehead atoms. The number of ketones is 1. The topological polar surface area (TPSA) is 74.6 Å². The van der Waals surface area contributed by atoms with Gasteiger partial charge in [-0.05, 0) is 110 Å². The third-order valence-electron chi connectivity index (χ3n) is 12.3. The summed E-state index contributed by atoms with van der Waals surface area (Å²) in [6, 6.07) is 0. The number of aliphatic hydroxyl groups is 1. The van der Waals surface area contributed by atoms with Gasteiger partial charge in [0.1, 0.15) is 5.78 Å². The number of Topliss-reactive ketones (excluding diaryl/α,β-unsaturated/α-hetero) is 1. The van der Waals surface area contributed by atoms with E-state index >= 15 is 0 Å². The van der Waals surface area contributed by atoms with Gasteiger partial charge < -0.3 is 10.2 Å². The maximum absolute atomic E-state index is 12.8. The first-order valence-corrected chi connectivity index (χ1v) is 13.8. The lowest BCUT2D eigenvalue weighted by molar-refractivity contribution is -0.183. The van der Waals surface area contributed by atoms with Crippen molar-refractivity contribution in [1.29, 1.82) is 0 Å². The normalized spacial score (nSPS) is 45.6. The first kappa shape index (κ1) is 25.9. The molecule has 0 aliphatic heterocycles. The molecule has 0 amide bonds. The molecule has 0 unspecified atom stereocenters. The Morgan fingerprint density at radius 3 is 2.29 bits per heavy atom. The Balaban J connectivity index is 1.56. The van der Waals surface area contributed by atoms with Crippen LogP contribution in [0.15, 0.2) is 11.6 Å². The second kappa shape index (κ2) is 8.46. The van der Waals surface area contributed by atoms with Crippen LogP contribution in [0.2, 0.25) is 0 Å². The molecular weight excluding hydrogens is 424 g/mol. The minimum Gasteiger partial charge on any atom is -0.478 e. The molecule has 4 saturated carbocycles. The molecule has 4 rings (SSSR count). The summed E-state index contributed by atoms with van der Waals surface area (Å²) < 4.78 is 0. The van der Waals surface area contributed by atoms with Gasteiger partial charge in [0.2, 0.25) is 0 Å². The van der Waals surface area contributed by atoms with Gasteiger partial charge in [0.05, 0.1) is 6.10 Å². The highest BCUT2D eigenvalue weighted by atomic mass is 16.4. The molecule has 192 valence electrons. The van der Waals surface area contributed by atoms with Crippen LogP contribution in [0.1, 0.15) is 106 Å². The van der Waals surface area contributed by atoms with Gasteiger partial charge in [-0.15, -0.1) is 0 Å². The molecule has 4 nitrogen and oxygen atoms in total. The summed E-state index contributed by atoms with van der Waals surface area (Å²) >= 11 is 0. The maximum atomic E-state index is 12.8. The molecule has 0 spiro atoms. The molecule has 4 fully saturated rings. The Labute approximate surface area is 207 Å². The first-order valence-electron chi connectivity index (χ1n) is 13.8. The van der Waals surface area contributed by atoms with Crippen LogP contribution in [0.25, 0.3) is 0 Å². The highest BCUT2D eigenvalue weighted by Crippen LogP contribution is 2.74. The van der Waals surface area contributed by atoms with Crippen molar-refractivity contribution in [3.8, 4) is 0 Å². The largest absolute Gasteiger partial charge is 0.478 e. The van der Waals surface area contributed by atoms with Crippen molar-refractivity contribution in [2.24, 2.45) is 51.2 Å². The summed E-state index contributed by atoms with van der Waals surface area (Å²) in [4.78, 5) is 24.0. The van der Waals surface area contributed by atoms with Gasteiger partial charge in [-0.1, -0.05) is 41.5 Å². The smallest absolute Gasteiger partial charge is 0.331 e. The van der Waals surface area contributed by atoms with Crippen LogP contribution in [-0.4, -0.2) is 28.1 Å². The van der Waals surface area contributed by atoms with Crippen molar-refractivity contribution in [3.63, 3.8) is 0 Å². The Bertz CT molecular complexity index is 873. The molecule has 0 heterocycles. The summed E-state index contributed by atoms with van der Waals surface area (Å²) in [7, 11) is 0. The van der Waals surface area contributed by atoms with E-state index in [2.05, 4.69) is 41.5 Å². The second-order valence-electron chi connectivity index (χ2n) is 13.9. The van der Waals surface area contributed by atoms with E-state index in [4.69, 9.17) is 5.11 Å². The highest BCUT2D eigenvalue weighted by Gasteiger charge is 2.67. The van der Waals surface area contributed by atoms with E-state index in [1.54, 1.807) is 6.92 Å². The fraction of sp³-hybridized carbons (Fsp3) is 0.867. The Kier molecular flexibility index (Phi) is 6.45. The van der Waals surface area contributed by atoms with E-state index < -0.39 is 12.1 Å². The lowest BCUT2D eigenvalue weighted by Gasteiger charge is -2.66. The van der Waals surface area contributed by atoms with Gasteiger partial charge >= 0.3 is 5.97 Å². The average Bonchev–Trinajstić information content (AvgIpc) is 3.02. The average molecular weight is 473 g/mol. The van der Waals surface area contributed by atoms with Crippen molar-refractivity contribution in [2.45, 2.75) is 112 Å². The van der Waals surface area contributed by atoms with Crippen LogP contribution in [0.3, 0.4) is 0 Å². The zero-order valence-corrected chi connectivity index (χ0v) is 22.6. The predicted octanol–water partition coefficient (Wildman–Crippen LogP) is 6.66.